The maximum Gasteiger partial charge on any atom is 0.254 e. The van der Waals surface area contributed by atoms with E-state index in [2.05, 4.69) is 4.72 Å². The number of rotatable bonds is 6. The lowest BCUT2D eigenvalue weighted by molar-refractivity contribution is 0.0729. The second kappa shape index (κ2) is 7.21. The lowest BCUT2D eigenvalue weighted by Gasteiger charge is -2.23. The van der Waals surface area contributed by atoms with Gasteiger partial charge in [-0.2, -0.15) is 0 Å². The van der Waals surface area contributed by atoms with E-state index in [-0.39, 0.29) is 16.8 Å². The summed E-state index contributed by atoms with van der Waals surface area (Å²) in [5.74, 6) is -0.119. The van der Waals surface area contributed by atoms with Crippen molar-refractivity contribution in [3.05, 3.63) is 64.7 Å². The van der Waals surface area contributed by atoms with Gasteiger partial charge in [0.05, 0.1) is 4.90 Å². The highest BCUT2D eigenvalue weighted by Gasteiger charge is 2.33. The first-order chi connectivity index (χ1) is 12.3. The van der Waals surface area contributed by atoms with Gasteiger partial charge in [-0.25, -0.2) is 13.1 Å². The van der Waals surface area contributed by atoms with E-state index >= 15 is 0 Å². The quantitative estimate of drug-likeness (QED) is 0.848. The molecule has 138 valence electrons. The molecule has 3 rings (SSSR count). The first-order valence-electron chi connectivity index (χ1n) is 8.73. The minimum atomic E-state index is -3.62. The SMILES string of the molecule is CNS(=O)(=O)c1cc(C(=O)N(Cc2ccccc2)C2CC2)cc(C)c1C. The number of nitrogens with one attached hydrogen (secondary N) is 1. The fourth-order valence-corrected chi connectivity index (χ4v) is 4.10. The third kappa shape index (κ3) is 3.81. The Kier molecular flexibility index (Phi) is 5.16. The van der Waals surface area contributed by atoms with Crippen molar-refractivity contribution in [3.63, 3.8) is 0 Å². The van der Waals surface area contributed by atoms with Crippen LogP contribution in [0.4, 0.5) is 0 Å². The Morgan fingerprint density at radius 1 is 1.15 bits per heavy atom. The summed E-state index contributed by atoms with van der Waals surface area (Å²) in [6.45, 7) is 4.13. The van der Waals surface area contributed by atoms with E-state index in [9.17, 15) is 13.2 Å². The molecule has 0 saturated heterocycles. The van der Waals surface area contributed by atoms with Crippen LogP contribution in [-0.4, -0.2) is 32.3 Å². The van der Waals surface area contributed by atoms with E-state index in [0.717, 1.165) is 24.0 Å². The number of sulfonamides is 1. The van der Waals surface area contributed by atoms with Gasteiger partial charge in [0.15, 0.2) is 0 Å². The monoisotopic (exact) mass is 372 g/mol. The van der Waals surface area contributed by atoms with Crippen LogP contribution in [0.5, 0.6) is 0 Å². The maximum atomic E-state index is 13.2. The molecule has 1 fully saturated rings. The van der Waals surface area contributed by atoms with Crippen LogP contribution in [0.3, 0.4) is 0 Å². The lowest BCUT2D eigenvalue weighted by atomic mass is 10.0. The molecule has 1 aliphatic rings. The summed E-state index contributed by atoms with van der Waals surface area (Å²) in [6, 6.07) is 13.4. The molecule has 0 aromatic heterocycles. The summed E-state index contributed by atoms with van der Waals surface area (Å²) in [6.07, 6.45) is 1.98. The number of carbonyl (C=O) groups excluding carboxylic acids is 1. The van der Waals surface area contributed by atoms with Crippen LogP contribution >= 0.6 is 0 Å². The Bertz CT molecular complexity index is 920. The van der Waals surface area contributed by atoms with Crippen molar-refractivity contribution in [1.29, 1.82) is 0 Å². The average molecular weight is 372 g/mol. The van der Waals surface area contributed by atoms with Crippen molar-refractivity contribution in [2.24, 2.45) is 0 Å². The van der Waals surface area contributed by atoms with Crippen LogP contribution in [0.1, 0.15) is 39.9 Å². The predicted molar refractivity (Wildman–Crippen MR) is 101 cm³/mol. The van der Waals surface area contributed by atoms with Crippen molar-refractivity contribution in [2.75, 3.05) is 7.05 Å². The van der Waals surface area contributed by atoms with Crippen LogP contribution in [-0.2, 0) is 16.6 Å². The molecule has 0 aliphatic heterocycles. The van der Waals surface area contributed by atoms with Crippen LogP contribution in [0.2, 0.25) is 0 Å². The third-order valence-electron chi connectivity index (χ3n) is 4.87. The fourth-order valence-electron chi connectivity index (χ4n) is 3.04. The standard InChI is InChI=1S/C20H24N2O3S/c1-14-11-17(12-19(15(14)2)26(24,25)21-3)20(23)22(18-9-10-18)13-16-7-5-4-6-8-16/h4-8,11-12,18,21H,9-10,13H2,1-3H3. The summed E-state index contributed by atoms with van der Waals surface area (Å²) in [7, 11) is -2.24. The van der Waals surface area contributed by atoms with Crippen LogP contribution < -0.4 is 4.72 Å². The molecule has 6 heteroatoms. The van der Waals surface area contributed by atoms with Crippen LogP contribution in [0.25, 0.3) is 0 Å². The maximum absolute atomic E-state index is 13.2. The van der Waals surface area contributed by atoms with E-state index in [1.807, 2.05) is 42.2 Å². The second-order valence-corrected chi connectivity index (χ2v) is 8.63. The van der Waals surface area contributed by atoms with E-state index < -0.39 is 10.0 Å². The van der Waals surface area contributed by atoms with Gasteiger partial charge < -0.3 is 4.90 Å². The lowest BCUT2D eigenvalue weighted by Crippen LogP contribution is -2.33. The van der Waals surface area contributed by atoms with Gasteiger partial charge in [0.25, 0.3) is 5.91 Å². The normalized spacial score (nSPS) is 14.3. The minimum Gasteiger partial charge on any atom is -0.331 e. The largest absolute Gasteiger partial charge is 0.331 e. The van der Waals surface area contributed by atoms with Crippen molar-refractivity contribution in [2.45, 2.75) is 44.2 Å². The molecule has 1 amide bonds. The fraction of sp³-hybridized carbons (Fsp3) is 0.350. The molecule has 0 radical (unpaired) electrons. The predicted octanol–water partition coefficient (Wildman–Crippen LogP) is 3.02. The molecule has 2 aromatic rings. The first-order valence-corrected chi connectivity index (χ1v) is 10.2. The number of carbonyl (C=O) groups is 1. The molecular formula is C20H24N2O3S. The van der Waals surface area contributed by atoms with E-state index in [0.29, 0.717) is 17.7 Å². The summed E-state index contributed by atoms with van der Waals surface area (Å²) in [4.78, 5) is 15.2. The van der Waals surface area contributed by atoms with Gasteiger partial charge in [0.1, 0.15) is 0 Å². The number of hydrogen-bond acceptors (Lipinski definition) is 3. The summed E-state index contributed by atoms with van der Waals surface area (Å²) in [5.41, 5.74) is 2.95. The molecule has 1 aliphatic carbocycles. The molecule has 2 aromatic carbocycles. The van der Waals surface area contributed by atoms with Crippen molar-refractivity contribution < 1.29 is 13.2 Å². The number of aryl methyl sites for hydroxylation is 1. The molecule has 0 heterocycles. The van der Waals surface area contributed by atoms with Gasteiger partial charge >= 0.3 is 0 Å². The second-order valence-electron chi connectivity index (χ2n) is 6.77. The van der Waals surface area contributed by atoms with Gasteiger partial charge in [-0.1, -0.05) is 30.3 Å². The Morgan fingerprint density at radius 2 is 1.81 bits per heavy atom. The average Bonchev–Trinajstić information content (AvgIpc) is 3.47. The third-order valence-corrected chi connectivity index (χ3v) is 6.41. The molecule has 0 spiro atoms. The Balaban J connectivity index is 1.97. The Labute approximate surface area is 155 Å². The van der Waals surface area contributed by atoms with Gasteiger partial charge in [0.2, 0.25) is 10.0 Å². The zero-order chi connectivity index (χ0) is 18.9. The minimum absolute atomic E-state index is 0.119. The molecule has 0 atom stereocenters. The zero-order valence-corrected chi connectivity index (χ0v) is 16.1. The van der Waals surface area contributed by atoms with Crippen LogP contribution in [0.15, 0.2) is 47.4 Å². The molecule has 0 unspecified atom stereocenters. The number of benzene rings is 2. The van der Waals surface area contributed by atoms with Gasteiger partial charge in [-0.05, 0) is 62.6 Å². The van der Waals surface area contributed by atoms with Crippen molar-refractivity contribution in [1.82, 2.24) is 9.62 Å². The van der Waals surface area contributed by atoms with Crippen LogP contribution in [0, 0.1) is 13.8 Å². The summed E-state index contributed by atoms with van der Waals surface area (Å²) >= 11 is 0. The topological polar surface area (TPSA) is 66.5 Å². The first kappa shape index (κ1) is 18.6. The van der Waals surface area contributed by atoms with E-state index in [1.165, 1.54) is 13.1 Å². The molecule has 1 N–H and O–H groups in total. The number of amides is 1. The highest BCUT2D eigenvalue weighted by molar-refractivity contribution is 7.89. The molecule has 5 nitrogen and oxygen atoms in total. The smallest absolute Gasteiger partial charge is 0.254 e. The van der Waals surface area contributed by atoms with Gasteiger partial charge in [-0.15, -0.1) is 0 Å². The molecule has 26 heavy (non-hydrogen) atoms. The van der Waals surface area contributed by atoms with Crippen molar-refractivity contribution >= 4 is 15.9 Å². The summed E-state index contributed by atoms with van der Waals surface area (Å²) < 4.78 is 27.0. The van der Waals surface area contributed by atoms with Gasteiger partial charge in [-0.3, -0.25) is 4.79 Å². The molecule has 0 bridgehead atoms. The number of hydrogen-bond donors (Lipinski definition) is 1. The number of nitrogens with zero attached hydrogens (tertiary/aromatic N) is 1. The van der Waals surface area contributed by atoms with E-state index in [1.54, 1.807) is 13.0 Å². The highest BCUT2D eigenvalue weighted by Crippen LogP contribution is 2.31. The highest BCUT2D eigenvalue weighted by atomic mass is 32.2. The molecular weight excluding hydrogens is 348 g/mol. The summed E-state index contributed by atoms with van der Waals surface area (Å²) in [5, 5.41) is 0. The van der Waals surface area contributed by atoms with Gasteiger partial charge in [0, 0.05) is 18.2 Å². The van der Waals surface area contributed by atoms with Crippen molar-refractivity contribution in [3.8, 4) is 0 Å². The Hall–Kier alpha value is -2.18. The van der Waals surface area contributed by atoms with E-state index in [4.69, 9.17) is 0 Å². The molecule has 1 saturated carbocycles. The zero-order valence-electron chi connectivity index (χ0n) is 15.3. The Morgan fingerprint density at radius 3 is 2.38 bits per heavy atom.